The molecular formula is C20H24N8O2S. The Morgan fingerprint density at radius 1 is 1.26 bits per heavy atom. The van der Waals surface area contributed by atoms with Crippen LogP contribution in [-0.4, -0.2) is 57.4 Å². The van der Waals surface area contributed by atoms with E-state index in [1.807, 2.05) is 25.1 Å². The maximum atomic E-state index is 12.6. The van der Waals surface area contributed by atoms with Crippen molar-refractivity contribution in [1.29, 1.82) is 0 Å². The van der Waals surface area contributed by atoms with Gasteiger partial charge in [-0.2, -0.15) is 15.1 Å². The van der Waals surface area contributed by atoms with Crippen molar-refractivity contribution < 1.29 is 8.42 Å². The lowest BCUT2D eigenvalue weighted by Crippen LogP contribution is -2.44. The number of sulfonamides is 1. The average Bonchev–Trinajstić information content (AvgIpc) is 3.59. The highest BCUT2D eigenvalue weighted by Crippen LogP contribution is 2.61. The third-order valence-corrected chi connectivity index (χ3v) is 8.74. The first-order valence-corrected chi connectivity index (χ1v) is 12.0. The van der Waals surface area contributed by atoms with Crippen molar-refractivity contribution in [2.75, 3.05) is 23.3 Å². The first kappa shape index (κ1) is 18.9. The molecule has 2 atom stereocenters. The molecule has 0 radical (unpaired) electrons. The van der Waals surface area contributed by atoms with Gasteiger partial charge in [-0.05, 0) is 38.3 Å². The van der Waals surface area contributed by atoms with E-state index in [0.29, 0.717) is 36.3 Å². The molecule has 3 aliphatic rings. The van der Waals surface area contributed by atoms with Gasteiger partial charge in [0.2, 0.25) is 16.0 Å². The number of piperidine rings is 1. The van der Waals surface area contributed by atoms with Crippen LogP contribution in [0.4, 0.5) is 17.6 Å². The van der Waals surface area contributed by atoms with Crippen molar-refractivity contribution in [3.05, 3.63) is 30.1 Å². The van der Waals surface area contributed by atoms with Gasteiger partial charge in [0, 0.05) is 36.5 Å². The maximum absolute atomic E-state index is 12.6. The molecule has 0 amide bonds. The molecule has 3 aromatic heterocycles. The van der Waals surface area contributed by atoms with Crippen LogP contribution in [0.15, 0.2) is 24.4 Å². The number of hydrogen-bond donors (Lipinski definition) is 3. The van der Waals surface area contributed by atoms with Crippen LogP contribution in [0.3, 0.4) is 0 Å². The van der Waals surface area contributed by atoms with E-state index in [1.165, 1.54) is 0 Å². The zero-order chi connectivity index (χ0) is 21.4. The topological polar surface area (TPSA) is 129 Å². The molecule has 3 N–H and O–H groups in total. The number of aromatic amines is 1. The van der Waals surface area contributed by atoms with Crippen molar-refractivity contribution in [3.63, 3.8) is 0 Å². The predicted molar refractivity (Wildman–Crippen MR) is 117 cm³/mol. The number of fused-ring (bicyclic) bond motifs is 2. The number of H-pyrrole nitrogens is 1. The van der Waals surface area contributed by atoms with Crippen LogP contribution in [0.5, 0.6) is 0 Å². The van der Waals surface area contributed by atoms with Gasteiger partial charge < -0.3 is 10.2 Å². The molecule has 2 saturated carbocycles. The first-order chi connectivity index (χ1) is 14.8. The summed E-state index contributed by atoms with van der Waals surface area (Å²) in [5.74, 6) is 1.83. The van der Waals surface area contributed by atoms with Gasteiger partial charge in [0.05, 0.1) is 16.2 Å². The average molecular weight is 441 g/mol. The fraction of sp³-hybridized carbons (Fsp3) is 0.500. The molecule has 1 saturated heterocycles. The summed E-state index contributed by atoms with van der Waals surface area (Å²) in [6.07, 6.45) is 4.06. The van der Waals surface area contributed by atoms with E-state index in [1.54, 1.807) is 6.20 Å². The molecule has 1 aliphatic heterocycles. The first-order valence-electron chi connectivity index (χ1n) is 10.5. The fourth-order valence-corrected chi connectivity index (χ4v) is 6.59. The molecule has 6 rings (SSSR count). The van der Waals surface area contributed by atoms with Crippen molar-refractivity contribution in [1.82, 2.24) is 29.9 Å². The number of rotatable bonds is 6. The van der Waals surface area contributed by atoms with Gasteiger partial charge in [0.15, 0.2) is 11.5 Å². The third-order valence-electron chi connectivity index (χ3n) is 6.72. The molecule has 31 heavy (non-hydrogen) atoms. The van der Waals surface area contributed by atoms with E-state index in [-0.39, 0.29) is 10.7 Å². The van der Waals surface area contributed by atoms with Gasteiger partial charge in [-0.3, -0.25) is 5.10 Å². The standard InChI is InChI=1S/C20H24N8O2S/c1-12-8-15(26-25-12)22-17-14-4-3-7-21-16(14)23-18(24-17)28-10-19(2)9-20(19,11-28)27-31(29,30)13-5-6-13/h3-4,7-8,13,27H,5-6,9-11H2,1-2H3,(H2,21,22,23,24,25,26). The van der Waals surface area contributed by atoms with E-state index in [0.717, 1.165) is 30.3 Å². The molecule has 162 valence electrons. The smallest absolute Gasteiger partial charge is 0.229 e. The number of aromatic nitrogens is 5. The highest BCUT2D eigenvalue weighted by atomic mass is 32.2. The zero-order valence-corrected chi connectivity index (χ0v) is 18.2. The third kappa shape index (κ3) is 3.06. The Bertz CT molecular complexity index is 1300. The SMILES string of the molecule is Cc1cc(Nc2nc(N3CC4(C)CC4(NS(=O)(=O)C4CC4)C3)nc3ncccc23)n[nH]1. The minimum absolute atomic E-state index is 0.121. The van der Waals surface area contributed by atoms with Gasteiger partial charge in [-0.25, -0.2) is 18.1 Å². The number of nitrogens with one attached hydrogen (secondary N) is 3. The van der Waals surface area contributed by atoms with Crippen LogP contribution in [0, 0.1) is 12.3 Å². The lowest BCUT2D eigenvalue weighted by molar-refractivity contribution is 0.502. The Morgan fingerprint density at radius 2 is 2.10 bits per heavy atom. The monoisotopic (exact) mass is 440 g/mol. The van der Waals surface area contributed by atoms with Crippen molar-refractivity contribution in [2.24, 2.45) is 5.41 Å². The fourth-order valence-electron chi connectivity index (χ4n) is 4.74. The Labute approximate surface area is 179 Å². The second-order valence-corrected chi connectivity index (χ2v) is 11.3. The summed E-state index contributed by atoms with van der Waals surface area (Å²) < 4.78 is 28.3. The maximum Gasteiger partial charge on any atom is 0.229 e. The number of aryl methyl sites for hydroxylation is 1. The van der Waals surface area contributed by atoms with Crippen molar-refractivity contribution in [2.45, 2.75) is 43.9 Å². The molecule has 10 nitrogen and oxygen atoms in total. The summed E-state index contributed by atoms with van der Waals surface area (Å²) in [6.45, 7) is 5.31. The van der Waals surface area contributed by atoms with Crippen molar-refractivity contribution in [3.8, 4) is 0 Å². The minimum Gasteiger partial charge on any atom is -0.338 e. The summed E-state index contributed by atoms with van der Waals surface area (Å²) in [7, 11) is -3.27. The van der Waals surface area contributed by atoms with Gasteiger partial charge in [0.1, 0.15) is 5.82 Å². The number of nitrogens with zero attached hydrogens (tertiary/aromatic N) is 5. The lowest BCUT2D eigenvalue weighted by Gasteiger charge is -2.22. The Balaban J connectivity index is 1.33. The zero-order valence-electron chi connectivity index (χ0n) is 17.4. The number of anilines is 3. The Kier molecular flexibility index (Phi) is 3.75. The van der Waals surface area contributed by atoms with Gasteiger partial charge in [0.25, 0.3) is 0 Å². The van der Waals surface area contributed by atoms with E-state index in [2.05, 4.69) is 42.0 Å². The Morgan fingerprint density at radius 3 is 2.84 bits per heavy atom. The predicted octanol–water partition coefficient (Wildman–Crippen LogP) is 1.85. The second-order valence-electron chi connectivity index (χ2n) is 9.33. The summed E-state index contributed by atoms with van der Waals surface area (Å²) >= 11 is 0. The summed E-state index contributed by atoms with van der Waals surface area (Å²) in [5.41, 5.74) is 0.964. The molecule has 11 heteroatoms. The molecular weight excluding hydrogens is 416 g/mol. The number of pyridine rings is 1. The number of hydrogen-bond acceptors (Lipinski definition) is 8. The largest absolute Gasteiger partial charge is 0.338 e. The van der Waals surface area contributed by atoms with Gasteiger partial charge >= 0.3 is 0 Å². The molecule has 0 aromatic carbocycles. The lowest BCUT2D eigenvalue weighted by atomic mass is 10.1. The molecule has 2 aliphatic carbocycles. The summed E-state index contributed by atoms with van der Waals surface area (Å²) in [6, 6.07) is 5.67. The van der Waals surface area contributed by atoms with Crippen LogP contribution in [0.25, 0.3) is 11.0 Å². The normalized spacial score (nSPS) is 27.5. The van der Waals surface area contributed by atoms with Crippen LogP contribution in [0.1, 0.15) is 31.9 Å². The molecule has 3 fully saturated rings. The van der Waals surface area contributed by atoms with Crippen LogP contribution in [-0.2, 0) is 10.0 Å². The molecule has 3 aromatic rings. The van der Waals surface area contributed by atoms with E-state index in [9.17, 15) is 8.42 Å². The summed E-state index contributed by atoms with van der Waals surface area (Å²) in [5, 5.41) is 11.0. The minimum atomic E-state index is -3.27. The quantitative estimate of drug-likeness (QED) is 0.530. The van der Waals surface area contributed by atoms with Gasteiger partial charge in [-0.1, -0.05) is 6.92 Å². The molecule has 4 heterocycles. The highest BCUT2D eigenvalue weighted by Gasteiger charge is 2.71. The highest BCUT2D eigenvalue weighted by molar-refractivity contribution is 7.90. The summed E-state index contributed by atoms with van der Waals surface area (Å²) in [4.78, 5) is 15.9. The second kappa shape index (κ2) is 6.13. The van der Waals surface area contributed by atoms with E-state index in [4.69, 9.17) is 4.98 Å². The van der Waals surface area contributed by atoms with Crippen LogP contribution < -0.4 is 14.9 Å². The van der Waals surface area contributed by atoms with E-state index < -0.39 is 15.6 Å². The van der Waals surface area contributed by atoms with E-state index >= 15 is 0 Å². The van der Waals surface area contributed by atoms with Crippen LogP contribution >= 0.6 is 0 Å². The molecule has 0 bridgehead atoms. The molecule has 2 unspecified atom stereocenters. The Hall–Kier alpha value is -2.79. The van der Waals surface area contributed by atoms with Crippen LogP contribution in [0.2, 0.25) is 0 Å². The van der Waals surface area contributed by atoms with Gasteiger partial charge in [-0.15, -0.1) is 0 Å². The van der Waals surface area contributed by atoms with Crippen molar-refractivity contribution >= 4 is 38.6 Å². The molecule has 0 spiro atoms.